The minimum Gasteiger partial charge on any atom is -0.461 e. The molecule has 0 fully saturated rings. The summed E-state index contributed by atoms with van der Waals surface area (Å²) in [4.78, 5) is 12.2. The van der Waals surface area contributed by atoms with E-state index in [0.29, 0.717) is 12.2 Å². The van der Waals surface area contributed by atoms with Gasteiger partial charge in [-0.3, -0.25) is 4.79 Å². The summed E-state index contributed by atoms with van der Waals surface area (Å²) in [5.41, 5.74) is 5.59. The van der Waals surface area contributed by atoms with Crippen LogP contribution < -0.4 is 0 Å². The Morgan fingerprint density at radius 1 is 1.06 bits per heavy atom. The lowest BCUT2D eigenvalue weighted by molar-refractivity contribution is 0.0965. The van der Waals surface area contributed by atoms with Crippen LogP contribution in [-0.4, -0.2) is 5.78 Å². The van der Waals surface area contributed by atoms with Crippen LogP contribution in [0.1, 0.15) is 38.4 Å². The molecule has 2 heteroatoms. The molecular formula is C16H18O2. The number of hydrogen-bond acceptors (Lipinski definition) is 2. The Kier molecular flexibility index (Phi) is 3.37. The molecule has 0 N–H and O–H groups in total. The quantitative estimate of drug-likeness (QED) is 0.763. The number of rotatable bonds is 3. The highest BCUT2D eigenvalue weighted by Crippen LogP contribution is 2.20. The van der Waals surface area contributed by atoms with E-state index >= 15 is 0 Å². The maximum absolute atomic E-state index is 12.2. The Morgan fingerprint density at radius 2 is 1.67 bits per heavy atom. The standard InChI is InChI=1S/C16H18O2/c1-10-7-12(3)14(13(4)8-10)9-15(17)16-11(2)5-6-18-16/h5-8H,9H2,1-4H3. The molecule has 0 spiro atoms. The molecule has 1 heterocycles. The van der Waals surface area contributed by atoms with Crippen molar-refractivity contribution in [3.05, 3.63) is 58.0 Å². The van der Waals surface area contributed by atoms with Gasteiger partial charge in [0.05, 0.1) is 6.26 Å². The van der Waals surface area contributed by atoms with Crippen LogP contribution in [0.3, 0.4) is 0 Å². The Hall–Kier alpha value is -1.83. The first-order valence-corrected chi connectivity index (χ1v) is 6.13. The second-order valence-electron chi connectivity index (χ2n) is 4.91. The molecule has 0 aliphatic carbocycles. The molecule has 0 unspecified atom stereocenters. The molecule has 0 saturated carbocycles. The second-order valence-corrected chi connectivity index (χ2v) is 4.91. The minimum atomic E-state index is 0.0487. The minimum absolute atomic E-state index is 0.0487. The summed E-state index contributed by atoms with van der Waals surface area (Å²) in [6, 6.07) is 6.05. The van der Waals surface area contributed by atoms with Crippen LogP contribution in [0.25, 0.3) is 0 Å². The van der Waals surface area contributed by atoms with Crippen LogP contribution in [0.4, 0.5) is 0 Å². The van der Waals surface area contributed by atoms with Gasteiger partial charge in [-0.2, -0.15) is 0 Å². The van der Waals surface area contributed by atoms with Gasteiger partial charge in [-0.15, -0.1) is 0 Å². The molecule has 0 amide bonds. The number of furan rings is 1. The normalized spacial score (nSPS) is 10.7. The first kappa shape index (κ1) is 12.6. The van der Waals surface area contributed by atoms with Crippen molar-refractivity contribution in [1.82, 2.24) is 0 Å². The van der Waals surface area contributed by atoms with E-state index in [1.165, 1.54) is 16.7 Å². The van der Waals surface area contributed by atoms with E-state index in [0.717, 1.165) is 11.1 Å². The summed E-state index contributed by atoms with van der Waals surface area (Å²) in [6.07, 6.45) is 1.98. The van der Waals surface area contributed by atoms with Crippen molar-refractivity contribution in [3.8, 4) is 0 Å². The average molecular weight is 242 g/mol. The summed E-state index contributed by atoms with van der Waals surface area (Å²) in [6.45, 7) is 8.07. The lowest BCUT2D eigenvalue weighted by atomic mass is 9.95. The Balaban J connectivity index is 2.31. The van der Waals surface area contributed by atoms with Crippen LogP contribution in [0.15, 0.2) is 28.9 Å². The molecule has 0 aliphatic heterocycles. The van der Waals surface area contributed by atoms with E-state index in [1.807, 2.05) is 13.0 Å². The average Bonchev–Trinajstić information content (AvgIpc) is 2.69. The number of hydrogen-bond donors (Lipinski definition) is 0. The van der Waals surface area contributed by atoms with Crippen LogP contribution >= 0.6 is 0 Å². The van der Waals surface area contributed by atoms with Gasteiger partial charge >= 0.3 is 0 Å². The topological polar surface area (TPSA) is 30.2 Å². The third kappa shape index (κ3) is 2.37. The molecule has 0 saturated heterocycles. The maximum atomic E-state index is 12.2. The molecule has 18 heavy (non-hydrogen) atoms. The van der Waals surface area contributed by atoms with Crippen molar-refractivity contribution < 1.29 is 9.21 Å². The second kappa shape index (κ2) is 4.81. The Morgan fingerprint density at radius 3 is 2.17 bits per heavy atom. The van der Waals surface area contributed by atoms with Gasteiger partial charge in [0.25, 0.3) is 0 Å². The fraction of sp³-hybridized carbons (Fsp3) is 0.312. The molecule has 1 aromatic heterocycles. The van der Waals surface area contributed by atoms with Crippen molar-refractivity contribution in [2.24, 2.45) is 0 Å². The van der Waals surface area contributed by atoms with Crippen molar-refractivity contribution >= 4 is 5.78 Å². The van der Waals surface area contributed by atoms with E-state index in [1.54, 1.807) is 6.26 Å². The summed E-state index contributed by atoms with van der Waals surface area (Å²) in [5, 5.41) is 0. The van der Waals surface area contributed by atoms with Crippen molar-refractivity contribution in [3.63, 3.8) is 0 Å². The predicted molar refractivity (Wildman–Crippen MR) is 72.1 cm³/mol. The lowest BCUT2D eigenvalue weighted by Crippen LogP contribution is -2.07. The first-order valence-electron chi connectivity index (χ1n) is 6.13. The van der Waals surface area contributed by atoms with Crippen LogP contribution in [0, 0.1) is 27.7 Å². The monoisotopic (exact) mass is 242 g/mol. The fourth-order valence-electron chi connectivity index (χ4n) is 2.39. The lowest BCUT2D eigenvalue weighted by Gasteiger charge is -2.10. The zero-order valence-electron chi connectivity index (χ0n) is 11.3. The smallest absolute Gasteiger partial charge is 0.202 e. The van der Waals surface area contributed by atoms with Crippen LogP contribution in [-0.2, 0) is 6.42 Å². The molecule has 1 aromatic carbocycles. The number of benzene rings is 1. The van der Waals surface area contributed by atoms with Crippen LogP contribution in [0.2, 0.25) is 0 Å². The van der Waals surface area contributed by atoms with E-state index in [4.69, 9.17) is 4.42 Å². The Labute approximate surface area is 108 Å². The number of carbonyl (C=O) groups is 1. The third-order valence-corrected chi connectivity index (χ3v) is 3.29. The molecule has 0 bridgehead atoms. The molecule has 0 radical (unpaired) electrons. The van der Waals surface area contributed by atoms with Crippen LogP contribution in [0.5, 0.6) is 0 Å². The summed E-state index contributed by atoms with van der Waals surface area (Å²) in [7, 11) is 0. The number of Topliss-reactive ketones (excluding diaryl/α,β-unsaturated/α-hetero) is 1. The van der Waals surface area contributed by atoms with Gasteiger partial charge in [0.2, 0.25) is 5.78 Å². The van der Waals surface area contributed by atoms with Crippen molar-refractivity contribution in [2.75, 3.05) is 0 Å². The molecule has 0 aliphatic rings. The fourth-order valence-corrected chi connectivity index (χ4v) is 2.39. The van der Waals surface area contributed by atoms with E-state index in [9.17, 15) is 4.79 Å². The molecule has 0 atom stereocenters. The van der Waals surface area contributed by atoms with Crippen molar-refractivity contribution in [2.45, 2.75) is 34.1 Å². The largest absolute Gasteiger partial charge is 0.461 e. The van der Waals surface area contributed by atoms with Gasteiger partial charge in [0.1, 0.15) is 0 Å². The van der Waals surface area contributed by atoms with E-state index < -0.39 is 0 Å². The first-order chi connectivity index (χ1) is 8.49. The summed E-state index contributed by atoms with van der Waals surface area (Å²) in [5.74, 6) is 0.530. The van der Waals surface area contributed by atoms with E-state index in [2.05, 4.69) is 32.9 Å². The van der Waals surface area contributed by atoms with Gasteiger partial charge in [0, 0.05) is 6.42 Å². The SMILES string of the molecule is Cc1cc(C)c(CC(=O)c2occc2C)c(C)c1. The van der Waals surface area contributed by atoms with Gasteiger partial charge in [-0.05, 0) is 56.0 Å². The summed E-state index contributed by atoms with van der Waals surface area (Å²) >= 11 is 0. The van der Waals surface area contributed by atoms with Gasteiger partial charge < -0.3 is 4.42 Å². The Bertz CT molecular complexity index is 568. The predicted octanol–water partition coefficient (Wildman–Crippen LogP) is 3.94. The van der Waals surface area contributed by atoms with Gasteiger partial charge in [0.15, 0.2) is 5.76 Å². The molecule has 2 nitrogen and oxygen atoms in total. The third-order valence-electron chi connectivity index (χ3n) is 3.29. The number of ketones is 1. The zero-order valence-corrected chi connectivity index (χ0v) is 11.3. The molecular weight excluding hydrogens is 224 g/mol. The highest BCUT2D eigenvalue weighted by Gasteiger charge is 2.15. The highest BCUT2D eigenvalue weighted by molar-refractivity contribution is 5.96. The maximum Gasteiger partial charge on any atom is 0.202 e. The van der Waals surface area contributed by atoms with E-state index in [-0.39, 0.29) is 5.78 Å². The van der Waals surface area contributed by atoms with Gasteiger partial charge in [-0.1, -0.05) is 17.7 Å². The highest BCUT2D eigenvalue weighted by atomic mass is 16.3. The van der Waals surface area contributed by atoms with Crippen molar-refractivity contribution in [1.29, 1.82) is 0 Å². The molecule has 2 rings (SSSR count). The number of aryl methyl sites for hydroxylation is 4. The zero-order chi connectivity index (χ0) is 13.3. The molecule has 94 valence electrons. The number of carbonyl (C=O) groups excluding carboxylic acids is 1. The summed E-state index contributed by atoms with van der Waals surface area (Å²) < 4.78 is 5.25. The van der Waals surface area contributed by atoms with Gasteiger partial charge in [-0.25, -0.2) is 0 Å². The molecule has 2 aromatic rings.